The maximum absolute atomic E-state index is 12.9. The number of benzene rings is 2. The predicted molar refractivity (Wildman–Crippen MR) is 111 cm³/mol. The van der Waals surface area contributed by atoms with Gasteiger partial charge in [0.1, 0.15) is 11.9 Å². The fourth-order valence-electron chi connectivity index (χ4n) is 3.53. The van der Waals surface area contributed by atoms with Crippen LogP contribution in [0.1, 0.15) is 35.2 Å². The molecule has 1 aliphatic heterocycles. The number of hydrogen-bond donors (Lipinski definition) is 2. The number of amides is 3. The van der Waals surface area contributed by atoms with E-state index in [0.717, 1.165) is 12.0 Å². The van der Waals surface area contributed by atoms with Crippen molar-refractivity contribution in [3.8, 4) is 0 Å². The van der Waals surface area contributed by atoms with Gasteiger partial charge in [0, 0.05) is 25.2 Å². The molecule has 3 amide bonds. The van der Waals surface area contributed by atoms with Crippen LogP contribution in [0.25, 0.3) is 0 Å². The van der Waals surface area contributed by atoms with Gasteiger partial charge >= 0.3 is 0 Å². The van der Waals surface area contributed by atoms with Crippen LogP contribution in [-0.4, -0.2) is 48.3 Å². The number of carbonyl (C=O) groups is 3. The summed E-state index contributed by atoms with van der Waals surface area (Å²) in [6, 6.07) is 14.4. The van der Waals surface area contributed by atoms with E-state index in [1.807, 2.05) is 30.3 Å². The molecule has 30 heavy (non-hydrogen) atoms. The van der Waals surface area contributed by atoms with Crippen molar-refractivity contribution in [1.29, 1.82) is 0 Å². The van der Waals surface area contributed by atoms with Crippen LogP contribution in [0, 0.1) is 5.82 Å². The van der Waals surface area contributed by atoms with Crippen LogP contribution < -0.4 is 10.6 Å². The molecule has 2 aromatic rings. The van der Waals surface area contributed by atoms with E-state index in [1.54, 1.807) is 4.90 Å². The summed E-state index contributed by atoms with van der Waals surface area (Å²) in [6.45, 7) is 1.38. The lowest BCUT2D eigenvalue weighted by atomic mass is 10.1. The molecule has 0 saturated carbocycles. The summed E-state index contributed by atoms with van der Waals surface area (Å²) in [7, 11) is 0. The van der Waals surface area contributed by atoms with E-state index in [4.69, 9.17) is 0 Å². The lowest BCUT2D eigenvalue weighted by molar-refractivity contribution is -0.137. The van der Waals surface area contributed by atoms with Gasteiger partial charge in [-0.2, -0.15) is 0 Å². The van der Waals surface area contributed by atoms with Gasteiger partial charge in [0.2, 0.25) is 11.8 Å². The molecule has 7 heteroatoms. The van der Waals surface area contributed by atoms with Crippen molar-refractivity contribution in [3.63, 3.8) is 0 Å². The van der Waals surface area contributed by atoms with Gasteiger partial charge < -0.3 is 15.5 Å². The predicted octanol–water partition coefficient (Wildman–Crippen LogP) is 2.30. The Morgan fingerprint density at radius 3 is 2.40 bits per heavy atom. The molecule has 1 fully saturated rings. The topological polar surface area (TPSA) is 78.5 Å². The molecule has 158 valence electrons. The normalized spacial score (nSPS) is 15.6. The SMILES string of the molecule is O=C(NCCCNC(=O)[C@H]1CCCN1C(=O)Cc1ccccc1)c1ccc(F)cc1. The first kappa shape index (κ1) is 21.5. The maximum Gasteiger partial charge on any atom is 0.251 e. The van der Waals surface area contributed by atoms with Crippen LogP contribution in [0.2, 0.25) is 0 Å². The minimum absolute atomic E-state index is 0.0367. The van der Waals surface area contributed by atoms with E-state index < -0.39 is 11.9 Å². The van der Waals surface area contributed by atoms with Gasteiger partial charge in [-0.25, -0.2) is 4.39 Å². The summed E-state index contributed by atoms with van der Waals surface area (Å²) in [5, 5.41) is 5.60. The van der Waals surface area contributed by atoms with E-state index in [9.17, 15) is 18.8 Å². The highest BCUT2D eigenvalue weighted by molar-refractivity contribution is 5.94. The Hall–Kier alpha value is -3.22. The molecule has 0 unspecified atom stereocenters. The summed E-state index contributed by atoms with van der Waals surface area (Å²) in [6.07, 6.45) is 2.32. The number of hydrogen-bond acceptors (Lipinski definition) is 3. The second-order valence-corrected chi connectivity index (χ2v) is 7.31. The van der Waals surface area contributed by atoms with Crippen LogP contribution in [0.4, 0.5) is 4.39 Å². The highest BCUT2D eigenvalue weighted by Crippen LogP contribution is 2.19. The molecule has 2 aromatic carbocycles. The number of likely N-dealkylation sites (tertiary alicyclic amines) is 1. The third-order valence-electron chi connectivity index (χ3n) is 5.12. The van der Waals surface area contributed by atoms with Crippen LogP contribution >= 0.6 is 0 Å². The van der Waals surface area contributed by atoms with E-state index in [1.165, 1.54) is 24.3 Å². The molecule has 6 nitrogen and oxygen atoms in total. The Bertz CT molecular complexity index is 871. The standard InChI is InChI=1S/C23H26FN3O3/c24-19-11-9-18(10-12-19)22(29)25-13-5-14-26-23(30)20-8-4-15-27(20)21(28)16-17-6-2-1-3-7-17/h1-3,6-7,9-12,20H,4-5,8,13-16H2,(H,25,29)(H,26,30)/t20-/m1/s1. The molecule has 0 aliphatic carbocycles. The molecule has 0 aromatic heterocycles. The monoisotopic (exact) mass is 411 g/mol. The Morgan fingerprint density at radius 1 is 0.967 bits per heavy atom. The number of nitrogens with one attached hydrogen (secondary N) is 2. The fourth-order valence-corrected chi connectivity index (χ4v) is 3.53. The number of carbonyl (C=O) groups excluding carboxylic acids is 3. The molecular weight excluding hydrogens is 385 g/mol. The average Bonchev–Trinajstić information content (AvgIpc) is 3.25. The third kappa shape index (κ3) is 5.89. The summed E-state index contributed by atoms with van der Waals surface area (Å²) in [5.41, 5.74) is 1.32. The maximum atomic E-state index is 12.9. The van der Waals surface area contributed by atoms with Gasteiger partial charge in [-0.05, 0) is 49.1 Å². The quantitative estimate of drug-likeness (QED) is 0.655. The first-order chi connectivity index (χ1) is 14.5. The molecule has 1 saturated heterocycles. The molecule has 0 spiro atoms. The molecule has 1 heterocycles. The van der Waals surface area contributed by atoms with Crippen molar-refractivity contribution < 1.29 is 18.8 Å². The van der Waals surface area contributed by atoms with Crippen molar-refractivity contribution in [1.82, 2.24) is 15.5 Å². The summed E-state index contributed by atoms with van der Waals surface area (Å²) in [4.78, 5) is 38.8. The number of halogens is 1. The second kappa shape index (κ2) is 10.5. The van der Waals surface area contributed by atoms with Crippen LogP contribution in [0.15, 0.2) is 54.6 Å². The average molecular weight is 411 g/mol. The number of nitrogens with zero attached hydrogens (tertiary/aromatic N) is 1. The van der Waals surface area contributed by atoms with Crippen LogP contribution in [0.5, 0.6) is 0 Å². The largest absolute Gasteiger partial charge is 0.354 e. The first-order valence-corrected chi connectivity index (χ1v) is 10.2. The first-order valence-electron chi connectivity index (χ1n) is 10.2. The second-order valence-electron chi connectivity index (χ2n) is 7.31. The highest BCUT2D eigenvalue weighted by atomic mass is 19.1. The van der Waals surface area contributed by atoms with Gasteiger partial charge in [0.25, 0.3) is 5.91 Å². The molecule has 1 atom stereocenters. The molecule has 0 radical (unpaired) electrons. The van der Waals surface area contributed by atoms with Crippen molar-refractivity contribution in [2.45, 2.75) is 31.7 Å². The Kier molecular flexibility index (Phi) is 7.54. The minimum atomic E-state index is -0.435. The lowest BCUT2D eigenvalue weighted by Crippen LogP contribution is -2.46. The van der Waals surface area contributed by atoms with Crippen molar-refractivity contribution in [3.05, 3.63) is 71.5 Å². The van der Waals surface area contributed by atoms with E-state index >= 15 is 0 Å². The van der Waals surface area contributed by atoms with E-state index in [2.05, 4.69) is 10.6 Å². The molecular formula is C23H26FN3O3. The smallest absolute Gasteiger partial charge is 0.251 e. The Balaban J connectivity index is 1.39. The number of rotatable bonds is 8. The van der Waals surface area contributed by atoms with Crippen molar-refractivity contribution in [2.75, 3.05) is 19.6 Å². The molecule has 3 rings (SSSR count). The van der Waals surface area contributed by atoms with Crippen molar-refractivity contribution in [2.24, 2.45) is 0 Å². The summed E-state index contributed by atoms with van der Waals surface area (Å²) in [5.74, 6) is -0.864. The summed E-state index contributed by atoms with van der Waals surface area (Å²) < 4.78 is 12.9. The van der Waals surface area contributed by atoms with Crippen molar-refractivity contribution >= 4 is 17.7 Å². The Labute approximate surface area is 175 Å². The highest BCUT2D eigenvalue weighted by Gasteiger charge is 2.33. The van der Waals surface area contributed by atoms with E-state index in [-0.39, 0.29) is 17.7 Å². The minimum Gasteiger partial charge on any atom is -0.354 e. The van der Waals surface area contributed by atoms with Crippen LogP contribution in [-0.2, 0) is 16.0 Å². The Morgan fingerprint density at radius 2 is 1.67 bits per heavy atom. The van der Waals surface area contributed by atoms with Gasteiger partial charge in [0.15, 0.2) is 0 Å². The van der Waals surface area contributed by atoms with Crippen LogP contribution in [0.3, 0.4) is 0 Å². The molecule has 1 aliphatic rings. The van der Waals surface area contributed by atoms with Gasteiger partial charge in [-0.1, -0.05) is 30.3 Å². The molecule has 2 N–H and O–H groups in total. The van der Waals surface area contributed by atoms with E-state index in [0.29, 0.717) is 44.5 Å². The lowest BCUT2D eigenvalue weighted by Gasteiger charge is -2.24. The third-order valence-corrected chi connectivity index (χ3v) is 5.12. The summed E-state index contributed by atoms with van der Waals surface area (Å²) >= 11 is 0. The van der Waals surface area contributed by atoms with Gasteiger partial charge in [-0.15, -0.1) is 0 Å². The fraction of sp³-hybridized carbons (Fsp3) is 0.348. The zero-order valence-electron chi connectivity index (χ0n) is 16.8. The van der Waals surface area contributed by atoms with Gasteiger partial charge in [0.05, 0.1) is 6.42 Å². The zero-order valence-corrected chi connectivity index (χ0v) is 16.8. The van der Waals surface area contributed by atoms with Gasteiger partial charge in [-0.3, -0.25) is 14.4 Å². The molecule has 0 bridgehead atoms. The zero-order chi connectivity index (χ0) is 21.3.